The van der Waals surface area contributed by atoms with Gasteiger partial charge in [0, 0.05) is 22.7 Å². The van der Waals surface area contributed by atoms with Crippen molar-refractivity contribution < 1.29 is 0 Å². The molecule has 126 valence electrons. The second-order valence-corrected chi connectivity index (χ2v) is 6.64. The summed E-state index contributed by atoms with van der Waals surface area (Å²) in [5, 5.41) is 5.79. The summed E-state index contributed by atoms with van der Waals surface area (Å²) in [7, 11) is 0. The SMILES string of the molecule is CC1=NCC(c2cccc(-n3c4ccccc4c4ccccc43)c2)=CN1. The molecule has 0 saturated heterocycles. The number of fused-ring (bicyclic) bond motifs is 3. The van der Waals surface area contributed by atoms with Crippen LogP contribution in [0.4, 0.5) is 0 Å². The maximum Gasteiger partial charge on any atom is 0.0975 e. The van der Waals surface area contributed by atoms with E-state index in [-0.39, 0.29) is 0 Å². The predicted octanol–water partition coefficient (Wildman–Crippen LogP) is 5.15. The Balaban J connectivity index is 1.72. The minimum Gasteiger partial charge on any atom is -0.350 e. The summed E-state index contributed by atoms with van der Waals surface area (Å²) in [6, 6.07) is 25.9. The van der Waals surface area contributed by atoms with E-state index < -0.39 is 0 Å². The van der Waals surface area contributed by atoms with Crippen LogP contribution in [0.1, 0.15) is 12.5 Å². The number of nitrogens with zero attached hydrogens (tertiary/aromatic N) is 2. The van der Waals surface area contributed by atoms with E-state index in [9.17, 15) is 0 Å². The predicted molar refractivity (Wildman–Crippen MR) is 110 cm³/mol. The summed E-state index contributed by atoms with van der Waals surface area (Å²) in [6.07, 6.45) is 2.06. The average molecular weight is 337 g/mol. The second kappa shape index (κ2) is 5.88. The van der Waals surface area contributed by atoms with Crippen LogP contribution in [0.25, 0.3) is 33.1 Å². The molecule has 0 fully saturated rings. The van der Waals surface area contributed by atoms with E-state index in [2.05, 4.69) is 93.9 Å². The van der Waals surface area contributed by atoms with E-state index in [1.165, 1.54) is 38.6 Å². The van der Waals surface area contributed by atoms with Crippen LogP contribution >= 0.6 is 0 Å². The first-order valence-electron chi connectivity index (χ1n) is 8.87. The van der Waals surface area contributed by atoms with Gasteiger partial charge in [-0.3, -0.25) is 4.99 Å². The molecule has 2 heterocycles. The largest absolute Gasteiger partial charge is 0.350 e. The fraction of sp³-hybridized carbons (Fsp3) is 0.0870. The quantitative estimate of drug-likeness (QED) is 0.539. The van der Waals surface area contributed by atoms with Gasteiger partial charge in [-0.25, -0.2) is 0 Å². The summed E-state index contributed by atoms with van der Waals surface area (Å²) in [6.45, 7) is 2.71. The highest BCUT2D eigenvalue weighted by atomic mass is 15.0. The van der Waals surface area contributed by atoms with Crippen molar-refractivity contribution in [2.75, 3.05) is 6.54 Å². The van der Waals surface area contributed by atoms with Crippen molar-refractivity contribution in [2.24, 2.45) is 4.99 Å². The Bertz CT molecular complexity index is 1140. The smallest absolute Gasteiger partial charge is 0.0975 e. The number of rotatable bonds is 2. The monoisotopic (exact) mass is 337 g/mol. The molecular weight excluding hydrogens is 318 g/mol. The Morgan fingerprint density at radius 2 is 1.54 bits per heavy atom. The number of aromatic nitrogens is 1. The molecule has 1 aromatic heterocycles. The van der Waals surface area contributed by atoms with Crippen molar-refractivity contribution in [2.45, 2.75) is 6.92 Å². The molecule has 0 bridgehead atoms. The first kappa shape index (κ1) is 15.0. The third-order valence-electron chi connectivity index (χ3n) is 5.00. The van der Waals surface area contributed by atoms with E-state index in [0.29, 0.717) is 0 Å². The van der Waals surface area contributed by atoms with Crippen molar-refractivity contribution in [1.29, 1.82) is 0 Å². The van der Waals surface area contributed by atoms with Gasteiger partial charge in [0.05, 0.1) is 23.4 Å². The Kier molecular flexibility index (Phi) is 3.39. The first-order chi connectivity index (χ1) is 12.8. The van der Waals surface area contributed by atoms with E-state index in [4.69, 9.17) is 0 Å². The van der Waals surface area contributed by atoms with Gasteiger partial charge in [0.2, 0.25) is 0 Å². The average Bonchev–Trinajstić information content (AvgIpc) is 3.03. The fourth-order valence-corrected chi connectivity index (χ4v) is 3.71. The van der Waals surface area contributed by atoms with Crippen molar-refractivity contribution in [3.63, 3.8) is 0 Å². The molecule has 1 N–H and O–H groups in total. The highest BCUT2D eigenvalue weighted by Crippen LogP contribution is 2.32. The van der Waals surface area contributed by atoms with Crippen molar-refractivity contribution in [3.8, 4) is 5.69 Å². The van der Waals surface area contributed by atoms with Crippen LogP contribution in [0.3, 0.4) is 0 Å². The van der Waals surface area contributed by atoms with Crippen molar-refractivity contribution in [1.82, 2.24) is 9.88 Å². The van der Waals surface area contributed by atoms with E-state index >= 15 is 0 Å². The molecular formula is C23H19N3. The number of hydrogen-bond donors (Lipinski definition) is 1. The molecule has 5 rings (SSSR count). The number of para-hydroxylation sites is 2. The van der Waals surface area contributed by atoms with Crippen LogP contribution in [0.15, 0.2) is 84.0 Å². The summed E-state index contributed by atoms with van der Waals surface area (Å²) in [5.41, 5.74) is 6.05. The molecule has 0 saturated carbocycles. The van der Waals surface area contributed by atoms with Crippen LogP contribution in [0.5, 0.6) is 0 Å². The molecule has 0 atom stereocenters. The standard InChI is InChI=1S/C23H19N3/c1-16-24-14-18(15-25-16)17-7-6-8-19(13-17)26-22-11-4-2-9-20(22)21-10-3-5-12-23(21)26/h2-14H,15H2,1H3,(H,24,25). The van der Waals surface area contributed by atoms with Gasteiger partial charge in [-0.2, -0.15) is 0 Å². The normalized spacial score (nSPS) is 14.2. The van der Waals surface area contributed by atoms with Gasteiger partial charge in [-0.1, -0.05) is 48.5 Å². The zero-order valence-electron chi connectivity index (χ0n) is 14.6. The molecule has 4 aromatic rings. The third-order valence-corrected chi connectivity index (χ3v) is 5.00. The third kappa shape index (κ3) is 2.32. The van der Waals surface area contributed by atoms with Crippen LogP contribution in [0, 0.1) is 0 Å². The van der Waals surface area contributed by atoms with Crippen molar-refractivity contribution >= 4 is 33.2 Å². The van der Waals surface area contributed by atoms with E-state index in [0.717, 1.165) is 12.4 Å². The van der Waals surface area contributed by atoms with Crippen LogP contribution in [-0.2, 0) is 0 Å². The van der Waals surface area contributed by atoms with Gasteiger partial charge in [0.15, 0.2) is 0 Å². The zero-order valence-corrected chi connectivity index (χ0v) is 14.6. The Morgan fingerprint density at radius 1 is 0.846 bits per heavy atom. The Hall–Kier alpha value is -3.33. The lowest BCUT2D eigenvalue weighted by Gasteiger charge is -2.14. The molecule has 0 spiro atoms. The summed E-state index contributed by atoms with van der Waals surface area (Å²) in [5.74, 6) is 0.965. The zero-order chi connectivity index (χ0) is 17.5. The highest BCUT2D eigenvalue weighted by molar-refractivity contribution is 6.09. The second-order valence-electron chi connectivity index (χ2n) is 6.64. The van der Waals surface area contributed by atoms with Gasteiger partial charge in [0.1, 0.15) is 0 Å². The van der Waals surface area contributed by atoms with Crippen molar-refractivity contribution in [3.05, 3.63) is 84.6 Å². The number of amidine groups is 1. The number of aliphatic imine (C=N–C) groups is 1. The number of hydrogen-bond acceptors (Lipinski definition) is 2. The van der Waals surface area contributed by atoms with Gasteiger partial charge in [-0.15, -0.1) is 0 Å². The molecule has 0 radical (unpaired) electrons. The molecule has 1 aliphatic rings. The Morgan fingerprint density at radius 3 is 2.19 bits per heavy atom. The maximum absolute atomic E-state index is 4.51. The molecule has 1 aliphatic heterocycles. The summed E-state index contributed by atoms with van der Waals surface area (Å²) >= 11 is 0. The lowest BCUT2D eigenvalue weighted by Crippen LogP contribution is -2.19. The number of nitrogens with one attached hydrogen (secondary N) is 1. The molecule has 3 heteroatoms. The topological polar surface area (TPSA) is 29.3 Å². The lowest BCUT2D eigenvalue weighted by atomic mass is 10.1. The van der Waals surface area contributed by atoms with Gasteiger partial charge < -0.3 is 9.88 Å². The Labute approximate surface area is 152 Å². The lowest BCUT2D eigenvalue weighted by molar-refractivity contribution is 1.10. The molecule has 0 amide bonds. The minimum absolute atomic E-state index is 0.718. The molecule has 0 unspecified atom stereocenters. The first-order valence-corrected chi connectivity index (χ1v) is 8.87. The molecule has 0 aliphatic carbocycles. The summed E-state index contributed by atoms with van der Waals surface area (Å²) < 4.78 is 2.35. The van der Waals surface area contributed by atoms with Crippen LogP contribution in [-0.4, -0.2) is 16.9 Å². The van der Waals surface area contributed by atoms with Gasteiger partial charge in [-0.05, 0) is 42.3 Å². The number of benzene rings is 3. The van der Waals surface area contributed by atoms with Gasteiger partial charge >= 0.3 is 0 Å². The fourth-order valence-electron chi connectivity index (χ4n) is 3.71. The van der Waals surface area contributed by atoms with E-state index in [1.807, 2.05) is 6.92 Å². The minimum atomic E-state index is 0.718. The highest BCUT2D eigenvalue weighted by Gasteiger charge is 2.12. The van der Waals surface area contributed by atoms with Crippen LogP contribution < -0.4 is 5.32 Å². The maximum atomic E-state index is 4.51. The van der Waals surface area contributed by atoms with Crippen LogP contribution in [0.2, 0.25) is 0 Å². The van der Waals surface area contributed by atoms with Gasteiger partial charge in [0.25, 0.3) is 0 Å². The molecule has 26 heavy (non-hydrogen) atoms. The van der Waals surface area contributed by atoms with E-state index in [1.54, 1.807) is 0 Å². The molecule has 3 nitrogen and oxygen atoms in total. The molecule has 3 aromatic carbocycles. The summed E-state index contributed by atoms with van der Waals surface area (Å²) in [4.78, 5) is 4.51.